The van der Waals surface area contributed by atoms with Crippen LogP contribution in [-0.2, 0) is 16.1 Å². The molecule has 7 nitrogen and oxygen atoms in total. The molecule has 1 aromatic rings. The van der Waals surface area contributed by atoms with Gasteiger partial charge in [0.15, 0.2) is 0 Å². The molecule has 1 saturated heterocycles. The summed E-state index contributed by atoms with van der Waals surface area (Å²) in [5.74, 6) is 0.00968. The van der Waals surface area contributed by atoms with Crippen LogP contribution in [0.2, 0.25) is 0 Å². The number of hydrogen-bond acceptors (Lipinski definition) is 4. The number of rotatable bonds is 7. The minimum Gasteiger partial charge on any atom is -0.376 e. The first-order chi connectivity index (χ1) is 10.6. The summed E-state index contributed by atoms with van der Waals surface area (Å²) < 4.78 is 6.93. The number of nitrogens with one attached hydrogen (secondary N) is 1. The van der Waals surface area contributed by atoms with Crippen molar-refractivity contribution in [1.82, 2.24) is 14.5 Å². The number of ether oxygens (including phenoxy) is 1. The minimum atomic E-state index is -0.485. The predicted molar refractivity (Wildman–Crippen MR) is 81.8 cm³/mol. The van der Waals surface area contributed by atoms with Gasteiger partial charge in [0.05, 0.1) is 6.10 Å². The van der Waals surface area contributed by atoms with E-state index in [1.54, 1.807) is 0 Å². The molecule has 0 aromatic carbocycles. The first kappa shape index (κ1) is 16.5. The van der Waals surface area contributed by atoms with Gasteiger partial charge < -0.3 is 14.2 Å². The molecule has 1 amide bonds. The van der Waals surface area contributed by atoms with Crippen LogP contribution in [0.3, 0.4) is 0 Å². The zero-order valence-electron chi connectivity index (χ0n) is 12.9. The van der Waals surface area contributed by atoms with Crippen LogP contribution in [0.4, 0.5) is 0 Å². The van der Waals surface area contributed by atoms with Crippen molar-refractivity contribution in [2.24, 2.45) is 0 Å². The van der Waals surface area contributed by atoms with Gasteiger partial charge in [0.2, 0.25) is 5.91 Å². The molecule has 7 heteroatoms. The SMILES string of the molecule is CCCN(C[C@H]1CCCO1)C(=O)CCn1ccc(=O)[nH]c1=O. The Morgan fingerprint density at radius 3 is 2.95 bits per heavy atom. The summed E-state index contributed by atoms with van der Waals surface area (Å²) in [6.45, 7) is 4.38. The van der Waals surface area contributed by atoms with Gasteiger partial charge in [-0.05, 0) is 19.3 Å². The third-order valence-corrected chi connectivity index (χ3v) is 3.76. The smallest absolute Gasteiger partial charge is 0.328 e. The van der Waals surface area contributed by atoms with Gasteiger partial charge in [0.25, 0.3) is 5.56 Å². The van der Waals surface area contributed by atoms with Crippen LogP contribution in [0, 0.1) is 0 Å². The molecule has 22 heavy (non-hydrogen) atoms. The number of carbonyl (C=O) groups is 1. The number of aromatic amines is 1. The Morgan fingerprint density at radius 2 is 2.32 bits per heavy atom. The Balaban J connectivity index is 1.92. The summed E-state index contributed by atoms with van der Waals surface area (Å²) in [4.78, 5) is 38.9. The largest absolute Gasteiger partial charge is 0.376 e. The number of aryl methyl sites for hydroxylation is 1. The average molecular weight is 309 g/mol. The van der Waals surface area contributed by atoms with E-state index >= 15 is 0 Å². The normalized spacial score (nSPS) is 17.6. The molecule has 0 unspecified atom stereocenters. The van der Waals surface area contributed by atoms with Gasteiger partial charge in [-0.1, -0.05) is 6.92 Å². The lowest BCUT2D eigenvalue weighted by Crippen LogP contribution is -2.39. The quantitative estimate of drug-likeness (QED) is 0.787. The van der Waals surface area contributed by atoms with Crippen LogP contribution < -0.4 is 11.2 Å². The number of hydrogen-bond donors (Lipinski definition) is 1. The van der Waals surface area contributed by atoms with Gasteiger partial charge in [0, 0.05) is 44.9 Å². The van der Waals surface area contributed by atoms with E-state index in [0.29, 0.717) is 13.1 Å². The molecule has 0 aliphatic carbocycles. The van der Waals surface area contributed by atoms with Crippen LogP contribution in [-0.4, -0.2) is 46.2 Å². The molecule has 0 bridgehead atoms. The highest BCUT2D eigenvalue weighted by Crippen LogP contribution is 2.14. The third kappa shape index (κ3) is 4.56. The molecule has 1 N–H and O–H groups in total. The van der Waals surface area contributed by atoms with Crippen LogP contribution in [0.15, 0.2) is 21.9 Å². The summed E-state index contributed by atoms with van der Waals surface area (Å²) in [5, 5.41) is 0. The number of aromatic nitrogens is 2. The second-order valence-corrected chi connectivity index (χ2v) is 5.53. The van der Waals surface area contributed by atoms with E-state index < -0.39 is 11.2 Å². The molecular formula is C15H23N3O4. The highest BCUT2D eigenvalue weighted by Gasteiger charge is 2.21. The molecule has 0 spiro atoms. The molecule has 0 saturated carbocycles. The van der Waals surface area contributed by atoms with E-state index in [0.717, 1.165) is 25.9 Å². The number of carbonyl (C=O) groups excluding carboxylic acids is 1. The molecular weight excluding hydrogens is 286 g/mol. The summed E-state index contributed by atoms with van der Waals surface area (Å²) >= 11 is 0. The second-order valence-electron chi connectivity index (χ2n) is 5.53. The molecule has 1 aliphatic rings. The van der Waals surface area contributed by atoms with Crippen LogP contribution >= 0.6 is 0 Å². The monoisotopic (exact) mass is 309 g/mol. The predicted octanol–water partition coefficient (Wildman–Crippen LogP) is 0.344. The van der Waals surface area contributed by atoms with Crippen LogP contribution in [0.5, 0.6) is 0 Å². The fourth-order valence-corrected chi connectivity index (χ4v) is 2.62. The average Bonchev–Trinajstić information content (AvgIpc) is 2.98. The minimum absolute atomic E-state index is 0.00968. The first-order valence-electron chi connectivity index (χ1n) is 7.79. The lowest BCUT2D eigenvalue weighted by molar-refractivity contribution is -0.133. The van der Waals surface area contributed by atoms with Gasteiger partial charge >= 0.3 is 5.69 Å². The maximum Gasteiger partial charge on any atom is 0.328 e. The van der Waals surface area contributed by atoms with Crippen LogP contribution in [0.1, 0.15) is 32.6 Å². The molecule has 2 rings (SSSR count). The van der Waals surface area contributed by atoms with Gasteiger partial charge in [-0.25, -0.2) is 4.79 Å². The van der Waals surface area contributed by atoms with Gasteiger partial charge in [0.1, 0.15) is 0 Å². The van der Waals surface area contributed by atoms with E-state index in [9.17, 15) is 14.4 Å². The third-order valence-electron chi connectivity index (χ3n) is 3.76. The molecule has 1 atom stereocenters. The summed E-state index contributed by atoms with van der Waals surface area (Å²) in [6, 6.07) is 1.28. The molecule has 1 aromatic heterocycles. The summed E-state index contributed by atoms with van der Waals surface area (Å²) in [6.07, 6.45) is 4.71. The topological polar surface area (TPSA) is 84.4 Å². The second kappa shape index (κ2) is 7.93. The maximum atomic E-state index is 12.4. The summed E-state index contributed by atoms with van der Waals surface area (Å²) in [5.41, 5.74) is -0.917. The number of nitrogens with zero attached hydrogens (tertiary/aromatic N) is 2. The Bertz CT molecular complexity index is 601. The molecule has 1 aliphatic heterocycles. The lowest BCUT2D eigenvalue weighted by Gasteiger charge is -2.25. The first-order valence-corrected chi connectivity index (χ1v) is 7.79. The van der Waals surface area contributed by atoms with Crippen molar-refractivity contribution in [1.29, 1.82) is 0 Å². The number of amides is 1. The van der Waals surface area contributed by atoms with Crippen molar-refractivity contribution < 1.29 is 9.53 Å². The van der Waals surface area contributed by atoms with Crippen molar-refractivity contribution in [3.05, 3.63) is 33.1 Å². The van der Waals surface area contributed by atoms with E-state index in [4.69, 9.17) is 4.74 Å². The molecule has 0 radical (unpaired) electrons. The Labute approximate surface area is 128 Å². The Hall–Kier alpha value is -1.89. The van der Waals surface area contributed by atoms with Gasteiger partial charge in [-0.15, -0.1) is 0 Å². The van der Waals surface area contributed by atoms with E-state index in [1.807, 2.05) is 11.8 Å². The fraction of sp³-hybridized carbons (Fsp3) is 0.667. The van der Waals surface area contributed by atoms with Gasteiger partial charge in [-0.2, -0.15) is 0 Å². The van der Waals surface area contributed by atoms with Crippen molar-refractivity contribution in [3.63, 3.8) is 0 Å². The molecule has 1 fully saturated rings. The van der Waals surface area contributed by atoms with Crippen molar-refractivity contribution in [3.8, 4) is 0 Å². The van der Waals surface area contributed by atoms with E-state index in [-0.39, 0.29) is 25.0 Å². The Morgan fingerprint density at radius 1 is 1.50 bits per heavy atom. The zero-order valence-corrected chi connectivity index (χ0v) is 12.9. The van der Waals surface area contributed by atoms with Gasteiger partial charge in [-0.3, -0.25) is 14.6 Å². The van der Waals surface area contributed by atoms with Crippen molar-refractivity contribution in [2.75, 3.05) is 19.7 Å². The van der Waals surface area contributed by atoms with E-state index in [1.165, 1.54) is 16.8 Å². The Kier molecular flexibility index (Phi) is 5.94. The summed E-state index contributed by atoms with van der Waals surface area (Å²) in [7, 11) is 0. The zero-order chi connectivity index (χ0) is 15.9. The van der Waals surface area contributed by atoms with E-state index in [2.05, 4.69) is 4.98 Å². The highest BCUT2D eigenvalue weighted by atomic mass is 16.5. The highest BCUT2D eigenvalue weighted by molar-refractivity contribution is 5.76. The lowest BCUT2D eigenvalue weighted by atomic mass is 10.2. The molecule has 2 heterocycles. The fourth-order valence-electron chi connectivity index (χ4n) is 2.62. The maximum absolute atomic E-state index is 12.4. The van der Waals surface area contributed by atoms with Crippen LogP contribution in [0.25, 0.3) is 0 Å². The molecule has 122 valence electrons. The standard InChI is InChI=1S/C15H23N3O4/c1-2-7-18(11-12-4-3-10-22-12)14(20)6-9-17-8-5-13(19)16-15(17)21/h5,8,12H,2-4,6-7,9-11H2,1H3,(H,16,19,21)/t12-/m1/s1. The number of H-pyrrole nitrogens is 1. The van der Waals surface area contributed by atoms with Crippen molar-refractivity contribution in [2.45, 2.75) is 45.3 Å². The van der Waals surface area contributed by atoms with Crippen molar-refractivity contribution >= 4 is 5.91 Å².